The predicted molar refractivity (Wildman–Crippen MR) is 74.7 cm³/mol. The van der Waals surface area contributed by atoms with E-state index in [9.17, 15) is 0 Å². The average molecular weight is 263 g/mol. The zero-order chi connectivity index (χ0) is 12.8. The van der Waals surface area contributed by atoms with E-state index in [4.69, 9.17) is 16.3 Å². The van der Waals surface area contributed by atoms with Gasteiger partial charge in [-0.1, -0.05) is 24.3 Å². The molecule has 0 saturated heterocycles. The Morgan fingerprint density at radius 1 is 1.17 bits per heavy atom. The van der Waals surface area contributed by atoms with Crippen LogP contribution in [0.3, 0.4) is 0 Å². The molecule has 2 rings (SSSR count). The lowest BCUT2D eigenvalue weighted by molar-refractivity contribution is 0.327. The molecule has 0 fully saturated rings. The van der Waals surface area contributed by atoms with Crippen molar-refractivity contribution >= 4 is 23.1 Å². The Bertz CT molecular complexity index is 517. The molecule has 2 aromatic rings. The van der Waals surface area contributed by atoms with Gasteiger partial charge in [0.15, 0.2) is 0 Å². The number of ether oxygens (including phenoxy) is 1. The van der Waals surface area contributed by atoms with Crippen LogP contribution >= 0.6 is 11.6 Å². The topological polar surface area (TPSA) is 34.1 Å². The van der Waals surface area contributed by atoms with Gasteiger partial charge >= 0.3 is 0 Å². The quantitative estimate of drug-likeness (QED) is 0.828. The Labute approximate surface area is 112 Å². The first-order chi connectivity index (χ1) is 8.83. The molecular weight excluding hydrogens is 248 g/mol. The monoisotopic (exact) mass is 262 g/mol. The molecule has 0 bridgehead atoms. The summed E-state index contributed by atoms with van der Waals surface area (Å²) in [5.41, 5.74) is 2.01. The second-order valence-corrected chi connectivity index (χ2v) is 3.98. The van der Waals surface area contributed by atoms with Crippen molar-refractivity contribution in [2.75, 3.05) is 11.9 Å². The van der Waals surface area contributed by atoms with Gasteiger partial charge in [-0.2, -0.15) is 4.98 Å². The number of nitrogens with zero attached hydrogens (tertiary/aromatic N) is 1. The highest BCUT2D eigenvalue weighted by Gasteiger charge is 2.02. The van der Waals surface area contributed by atoms with Crippen molar-refractivity contribution in [3.8, 4) is 5.88 Å². The summed E-state index contributed by atoms with van der Waals surface area (Å²) < 4.78 is 5.36. The Kier molecular flexibility index (Phi) is 4.42. The molecule has 1 aromatic heterocycles. The number of pyridine rings is 1. The largest absolute Gasteiger partial charge is 0.478 e. The predicted octanol–water partition coefficient (Wildman–Crippen LogP) is 3.96. The second kappa shape index (κ2) is 6.26. The van der Waals surface area contributed by atoms with E-state index in [0.29, 0.717) is 18.4 Å². The highest BCUT2D eigenvalue weighted by Crippen LogP contribution is 2.22. The van der Waals surface area contributed by atoms with Crippen molar-refractivity contribution in [1.29, 1.82) is 0 Å². The summed E-state index contributed by atoms with van der Waals surface area (Å²) in [6.07, 6.45) is 0. The normalized spacial score (nSPS) is 10.1. The molecule has 3 nitrogen and oxygen atoms in total. The molecule has 0 spiro atoms. The summed E-state index contributed by atoms with van der Waals surface area (Å²) in [7, 11) is 0. The van der Waals surface area contributed by atoms with Gasteiger partial charge in [-0.3, -0.25) is 0 Å². The number of para-hydroxylation sites is 1. The minimum atomic E-state index is 0.467. The van der Waals surface area contributed by atoms with Crippen LogP contribution in [0.1, 0.15) is 12.5 Å². The van der Waals surface area contributed by atoms with Crippen molar-refractivity contribution in [2.24, 2.45) is 0 Å². The molecule has 0 aliphatic heterocycles. The molecule has 18 heavy (non-hydrogen) atoms. The highest BCUT2D eigenvalue weighted by atomic mass is 35.5. The van der Waals surface area contributed by atoms with Gasteiger partial charge in [0, 0.05) is 17.6 Å². The van der Waals surface area contributed by atoms with Gasteiger partial charge < -0.3 is 10.1 Å². The number of aromatic nitrogens is 1. The maximum atomic E-state index is 5.89. The molecule has 4 heteroatoms. The lowest BCUT2D eigenvalue weighted by Crippen LogP contribution is -1.99. The molecule has 1 aromatic carbocycles. The number of hydrogen-bond acceptors (Lipinski definition) is 3. The smallest absolute Gasteiger partial charge is 0.215 e. The molecule has 0 unspecified atom stereocenters. The minimum Gasteiger partial charge on any atom is -0.478 e. The Hall–Kier alpha value is -1.74. The number of rotatable bonds is 5. The molecule has 0 aliphatic carbocycles. The molecular formula is C14H15ClN2O. The van der Waals surface area contributed by atoms with Crippen LogP contribution in [0.4, 0.5) is 11.5 Å². The standard InChI is InChI=1S/C14H15ClN2O/c1-2-18-14-9-5-8-13(17-14)16-12-7-4-3-6-11(12)10-15/h3-9H,2,10H2,1H3,(H,16,17). The van der Waals surface area contributed by atoms with E-state index < -0.39 is 0 Å². The summed E-state index contributed by atoms with van der Waals surface area (Å²) in [6.45, 7) is 2.54. The van der Waals surface area contributed by atoms with Crippen molar-refractivity contribution in [3.63, 3.8) is 0 Å². The molecule has 0 aliphatic rings. The number of hydrogen-bond donors (Lipinski definition) is 1. The van der Waals surface area contributed by atoms with E-state index in [-0.39, 0.29) is 0 Å². The fourth-order valence-corrected chi connectivity index (χ4v) is 1.84. The van der Waals surface area contributed by atoms with Crippen LogP contribution < -0.4 is 10.1 Å². The van der Waals surface area contributed by atoms with Crippen molar-refractivity contribution in [2.45, 2.75) is 12.8 Å². The summed E-state index contributed by atoms with van der Waals surface area (Å²) in [6, 6.07) is 13.5. The first-order valence-electron chi connectivity index (χ1n) is 5.84. The average Bonchev–Trinajstić information content (AvgIpc) is 2.40. The lowest BCUT2D eigenvalue weighted by atomic mass is 10.2. The van der Waals surface area contributed by atoms with Gasteiger partial charge in [-0.25, -0.2) is 0 Å². The Morgan fingerprint density at radius 2 is 2.00 bits per heavy atom. The number of alkyl halides is 1. The molecule has 0 saturated carbocycles. The molecule has 0 radical (unpaired) electrons. The Balaban J connectivity index is 2.20. The van der Waals surface area contributed by atoms with Gasteiger partial charge in [-0.15, -0.1) is 11.6 Å². The van der Waals surface area contributed by atoms with Gasteiger partial charge in [0.2, 0.25) is 5.88 Å². The fraction of sp³-hybridized carbons (Fsp3) is 0.214. The van der Waals surface area contributed by atoms with Crippen LogP contribution in [0.5, 0.6) is 5.88 Å². The Morgan fingerprint density at radius 3 is 2.78 bits per heavy atom. The lowest BCUT2D eigenvalue weighted by Gasteiger charge is -2.10. The van der Waals surface area contributed by atoms with Crippen LogP contribution in [0, 0.1) is 0 Å². The zero-order valence-electron chi connectivity index (χ0n) is 10.2. The van der Waals surface area contributed by atoms with Crippen LogP contribution in [-0.2, 0) is 5.88 Å². The maximum absolute atomic E-state index is 5.89. The SMILES string of the molecule is CCOc1cccc(Nc2ccccc2CCl)n1. The van der Waals surface area contributed by atoms with E-state index in [1.54, 1.807) is 0 Å². The van der Waals surface area contributed by atoms with Crippen LogP contribution in [0.15, 0.2) is 42.5 Å². The third-order valence-corrected chi connectivity index (χ3v) is 2.73. The molecule has 1 N–H and O–H groups in total. The van der Waals surface area contributed by atoms with E-state index >= 15 is 0 Å². The van der Waals surface area contributed by atoms with Gasteiger partial charge in [-0.05, 0) is 24.6 Å². The minimum absolute atomic E-state index is 0.467. The number of benzene rings is 1. The molecule has 0 atom stereocenters. The zero-order valence-corrected chi connectivity index (χ0v) is 10.9. The maximum Gasteiger partial charge on any atom is 0.215 e. The van der Waals surface area contributed by atoms with Gasteiger partial charge in [0.25, 0.3) is 0 Å². The first-order valence-corrected chi connectivity index (χ1v) is 6.37. The van der Waals surface area contributed by atoms with E-state index in [2.05, 4.69) is 10.3 Å². The summed E-state index contributed by atoms with van der Waals surface area (Å²) in [5, 5.41) is 3.25. The van der Waals surface area contributed by atoms with Crippen molar-refractivity contribution in [1.82, 2.24) is 4.98 Å². The summed E-state index contributed by atoms with van der Waals surface area (Å²) in [5.74, 6) is 1.83. The second-order valence-electron chi connectivity index (χ2n) is 3.71. The van der Waals surface area contributed by atoms with Crippen LogP contribution in [0.25, 0.3) is 0 Å². The van der Waals surface area contributed by atoms with Crippen LogP contribution in [0.2, 0.25) is 0 Å². The fourth-order valence-electron chi connectivity index (χ4n) is 1.61. The third kappa shape index (κ3) is 3.14. The molecule has 1 heterocycles. The molecule has 0 amide bonds. The van der Waals surface area contributed by atoms with Crippen LogP contribution in [-0.4, -0.2) is 11.6 Å². The van der Waals surface area contributed by atoms with Gasteiger partial charge in [0.05, 0.1) is 6.61 Å². The summed E-state index contributed by atoms with van der Waals surface area (Å²) >= 11 is 5.89. The van der Waals surface area contributed by atoms with E-state index in [0.717, 1.165) is 17.1 Å². The number of nitrogens with one attached hydrogen (secondary N) is 1. The van der Waals surface area contributed by atoms with E-state index in [1.165, 1.54) is 0 Å². The third-order valence-electron chi connectivity index (χ3n) is 2.44. The van der Waals surface area contributed by atoms with Crippen molar-refractivity contribution in [3.05, 3.63) is 48.0 Å². The van der Waals surface area contributed by atoms with Crippen molar-refractivity contribution < 1.29 is 4.74 Å². The number of halogens is 1. The number of anilines is 2. The molecule has 94 valence electrons. The van der Waals surface area contributed by atoms with E-state index in [1.807, 2.05) is 49.4 Å². The first kappa shape index (κ1) is 12.7. The summed E-state index contributed by atoms with van der Waals surface area (Å²) in [4.78, 5) is 4.36. The van der Waals surface area contributed by atoms with Gasteiger partial charge in [0.1, 0.15) is 5.82 Å². The highest BCUT2D eigenvalue weighted by molar-refractivity contribution is 6.17.